The van der Waals surface area contributed by atoms with Crippen molar-refractivity contribution < 1.29 is 18.7 Å². The summed E-state index contributed by atoms with van der Waals surface area (Å²) in [5.41, 5.74) is 2.19. The minimum absolute atomic E-state index is 0.0393. The maximum absolute atomic E-state index is 12.5. The van der Waals surface area contributed by atoms with Gasteiger partial charge in [-0.05, 0) is 50.6 Å². The quantitative estimate of drug-likeness (QED) is 0.624. The van der Waals surface area contributed by atoms with Gasteiger partial charge in [0.25, 0.3) is 5.91 Å². The Morgan fingerprint density at radius 3 is 2.57 bits per heavy atom. The smallest absolute Gasteiger partial charge is 0.361 e. The van der Waals surface area contributed by atoms with Crippen LogP contribution < -0.4 is 5.32 Å². The summed E-state index contributed by atoms with van der Waals surface area (Å²) in [6.07, 6.45) is -1.03. The molecule has 1 N–H and O–H groups in total. The van der Waals surface area contributed by atoms with Crippen molar-refractivity contribution in [1.29, 1.82) is 0 Å². The molecule has 2 aromatic carbocycles. The monoisotopic (exact) mass is 398 g/mol. The first-order valence-corrected chi connectivity index (χ1v) is 9.04. The number of nitrogens with zero attached hydrogens (tertiary/aromatic N) is 1. The Morgan fingerprint density at radius 2 is 1.86 bits per heavy atom. The Balaban J connectivity index is 1.69. The Kier molecular flexibility index (Phi) is 5.80. The second-order valence-corrected chi connectivity index (χ2v) is 6.72. The summed E-state index contributed by atoms with van der Waals surface area (Å²) in [7, 11) is 0. The van der Waals surface area contributed by atoms with Crippen LogP contribution in [0.15, 0.2) is 52.9 Å². The van der Waals surface area contributed by atoms with Crippen LogP contribution in [0.5, 0.6) is 0 Å². The molecule has 0 fully saturated rings. The van der Waals surface area contributed by atoms with Crippen LogP contribution in [0.25, 0.3) is 11.5 Å². The van der Waals surface area contributed by atoms with E-state index < -0.39 is 18.0 Å². The van der Waals surface area contributed by atoms with Crippen molar-refractivity contribution in [3.8, 4) is 11.5 Å². The molecule has 0 saturated heterocycles. The zero-order valence-corrected chi connectivity index (χ0v) is 16.4. The van der Waals surface area contributed by atoms with Gasteiger partial charge < -0.3 is 14.5 Å². The van der Waals surface area contributed by atoms with E-state index in [1.165, 1.54) is 6.92 Å². The number of halogens is 1. The topological polar surface area (TPSA) is 81.4 Å². The molecule has 0 bridgehead atoms. The molecule has 7 heteroatoms. The van der Waals surface area contributed by atoms with E-state index >= 15 is 0 Å². The number of carbonyl (C=O) groups excluding carboxylic acids is 2. The highest BCUT2D eigenvalue weighted by molar-refractivity contribution is 6.31. The van der Waals surface area contributed by atoms with E-state index in [0.29, 0.717) is 22.4 Å². The van der Waals surface area contributed by atoms with E-state index in [9.17, 15) is 9.59 Å². The molecular weight excluding hydrogens is 380 g/mol. The van der Waals surface area contributed by atoms with Gasteiger partial charge in [-0.1, -0.05) is 35.9 Å². The van der Waals surface area contributed by atoms with Crippen LogP contribution in [0.3, 0.4) is 0 Å². The largest absolute Gasteiger partial charge is 0.448 e. The number of nitrogens with one attached hydrogen (secondary N) is 1. The maximum Gasteiger partial charge on any atom is 0.361 e. The lowest BCUT2D eigenvalue weighted by Crippen LogP contribution is -2.30. The lowest BCUT2D eigenvalue weighted by Gasteiger charge is -2.14. The van der Waals surface area contributed by atoms with Crippen LogP contribution in [0.2, 0.25) is 5.02 Å². The summed E-state index contributed by atoms with van der Waals surface area (Å²) in [5, 5.41) is 3.21. The fraction of sp³-hybridized carbons (Fsp3) is 0.190. The molecule has 1 atom stereocenters. The van der Waals surface area contributed by atoms with Gasteiger partial charge in [-0.15, -0.1) is 0 Å². The Hall–Kier alpha value is -3.12. The van der Waals surface area contributed by atoms with Crippen LogP contribution in [0.1, 0.15) is 28.7 Å². The fourth-order valence-corrected chi connectivity index (χ4v) is 2.70. The van der Waals surface area contributed by atoms with E-state index in [4.69, 9.17) is 20.8 Å². The van der Waals surface area contributed by atoms with E-state index in [0.717, 1.165) is 11.1 Å². The van der Waals surface area contributed by atoms with Crippen molar-refractivity contribution in [2.24, 2.45) is 0 Å². The normalized spacial score (nSPS) is 11.7. The summed E-state index contributed by atoms with van der Waals surface area (Å²) in [6, 6.07) is 14.4. The summed E-state index contributed by atoms with van der Waals surface area (Å²) in [6.45, 7) is 4.95. The molecule has 1 aromatic heterocycles. The predicted molar refractivity (Wildman–Crippen MR) is 106 cm³/mol. The van der Waals surface area contributed by atoms with Crippen LogP contribution in [0, 0.1) is 13.8 Å². The van der Waals surface area contributed by atoms with E-state index in [1.807, 2.05) is 37.3 Å². The Bertz CT molecular complexity index is 1010. The van der Waals surface area contributed by atoms with Gasteiger partial charge in [0.05, 0.1) is 0 Å². The van der Waals surface area contributed by atoms with Crippen LogP contribution in [0.4, 0.5) is 5.69 Å². The van der Waals surface area contributed by atoms with Crippen molar-refractivity contribution >= 4 is 29.2 Å². The number of aromatic nitrogens is 1. The van der Waals surface area contributed by atoms with E-state index in [-0.39, 0.29) is 5.69 Å². The molecule has 0 aliphatic rings. The average molecular weight is 399 g/mol. The minimum atomic E-state index is -1.03. The van der Waals surface area contributed by atoms with Gasteiger partial charge in [-0.25, -0.2) is 9.78 Å². The number of oxazole rings is 1. The van der Waals surface area contributed by atoms with E-state index in [2.05, 4.69) is 10.3 Å². The number of esters is 1. The van der Waals surface area contributed by atoms with Gasteiger partial charge >= 0.3 is 5.97 Å². The second-order valence-electron chi connectivity index (χ2n) is 6.29. The van der Waals surface area contributed by atoms with Crippen LogP contribution in [-0.4, -0.2) is 23.0 Å². The molecule has 0 saturated carbocycles. The first-order valence-electron chi connectivity index (χ1n) is 8.66. The zero-order chi connectivity index (χ0) is 20.3. The first kappa shape index (κ1) is 19.6. The number of carbonyl (C=O) groups is 2. The van der Waals surface area contributed by atoms with Crippen LogP contribution >= 0.6 is 11.6 Å². The molecule has 0 aliphatic heterocycles. The van der Waals surface area contributed by atoms with Crippen LogP contribution in [-0.2, 0) is 9.53 Å². The van der Waals surface area contributed by atoms with Gasteiger partial charge in [0.15, 0.2) is 11.8 Å². The number of anilines is 1. The van der Waals surface area contributed by atoms with Crippen molar-refractivity contribution in [2.75, 3.05) is 5.32 Å². The minimum Gasteiger partial charge on any atom is -0.448 e. The number of benzene rings is 2. The molecule has 144 valence electrons. The highest BCUT2D eigenvalue weighted by Crippen LogP contribution is 2.23. The number of amides is 1. The van der Waals surface area contributed by atoms with Crippen molar-refractivity contribution in [3.05, 3.63) is 70.6 Å². The molecular formula is C21H19ClN2O4. The van der Waals surface area contributed by atoms with Crippen molar-refractivity contribution in [2.45, 2.75) is 26.9 Å². The number of rotatable bonds is 5. The SMILES string of the molecule is Cc1ccc(Cl)cc1NC(=O)C(C)OC(=O)c1nc(-c2ccccc2)oc1C. The van der Waals surface area contributed by atoms with Gasteiger partial charge in [0, 0.05) is 16.3 Å². The number of ether oxygens (including phenoxy) is 1. The number of hydrogen-bond acceptors (Lipinski definition) is 5. The summed E-state index contributed by atoms with van der Waals surface area (Å²) < 4.78 is 10.8. The summed E-state index contributed by atoms with van der Waals surface area (Å²) >= 11 is 5.96. The number of aryl methyl sites for hydroxylation is 2. The predicted octanol–water partition coefficient (Wildman–Crippen LogP) is 4.80. The maximum atomic E-state index is 12.5. The summed E-state index contributed by atoms with van der Waals surface area (Å²) in [4.78, 5) is 29.0. The average Bonchev–Trinajstić information content (AvgIpc) is 3.07. The third kappa shape index (κ3) is 4.40. The highest BCUT2D eigenvalue weighted by atomic mass is 35.5. The molecule has 1 heterocycles. The van der Waals surface area contributed by atoms with Gasteiger partial charge in [0.1, 0.15) is 5.76 Å². The van der Waals surface area contributed by atoms with Crippen molar-refractivity contribution in [1.82, 2.24) is 4.98 Å². The molecule has 0 spiro atoms. The standard InChI is InChI=1S/C21H19ClN2O4/c1-12-9-10-16(22)11-17(12)23-19(25)14(3)28-21(26)18-13(2)27-20(24-18)15-7-5-4-6-8-15/h4-11,14H,1-3H3,(H,23,25). The molecule has 3 rings (SSSR count). The Labute approximate surface area is 167 Å². The summed E-state index contributed by atoms with van der Waals surface area (Å²) in [5.74, 6) is -0.559. The zero-order valence-electron chi connectivity index (χ0n) is 15.7. The second kappa shape index (κ2) is 8.27. The molecule has 0 aliphatic carbocycles. The molecule has 0 radical (unpaired) electrons. The van der Waals surface area contributed by atoms with Gasteiger partial charge in [0.2, 0.25) is 5.89 Å². The van der Waals surface area contributed by atoms with Gasteiger partial charge in [-0.2, -0.15) is 0 Å². The molecule has 6 nitrogen and oxygen atoms in total. The van der Waals surface area contributed by atoms with Gasteiger partial charge in [-0.3, -0.25) is 4.79 Å². The first-order chi connectivity index (χ1) is 13.3. The van der Waals surface area contributed by atoms with E-state index in [1.54, 1.807) is 25.1 Å². The molecule has 28 heavy (non-hydrogen) atoms. The lowest BCUT2D eigenvalue weighted by molar-refractivity contribution is -0.123. The third-order valence-corrected chi connectivity index (χ3v) is 4.36. The molecule has 3 aromatic rings. The lowest BCUT2D eigenvalue weighted by atomic mass is 10.2. The molecule has 1 amide bonds. The number of hydrogen-bond donors (Lipinski definition) is 1. The molecule has 1 unspecified atom stereocenters. The van der Waals surface area contributed by atoms with Crippen molar-refractivity contribution in [3.63, 3.8) is 0 Å². The Morgan fingerprint density at radius 1 is 1.14 bits per heavy atom. The third-order valence-electron chi connectivity index (χ3n) is 4.12. The fourth-order valence-electron chi connectivity index (χ4n) is 2.52. The highest BCUT2D eigenvalue weighted by Gasteiger charge is 2.24.